The van der Waals surface area contributed by atoms with Crippen molar-refractivity contribution in [3.05, 3.63) is 23.5 Å². The van der Waals surface area contributed by atoms with Crippen molar-refractivity contribution < 1.29 is 13.7 Å². The molecule has 21 heavy (non-hydrogen) atoms. The van der Waals surface area contributed by atoms with Gasteiger partial charge in [-0.15, -0.1) is 0 Å². The molecule has 0 N–H and O–H groups in total. The van der Waals surface area contributed by atoms with E-state index in [9.17, 15) is 4.39 Å². The lowest BCUT2D eigenvalue weighted by atomic mass is 9.78. The van der Waals surface area contributed by atoms with Gasteiger partial charge in [-0.05, 0) is 40.7 Å². The summed E-state index contributed by atoms with van der Waals surface area (Å²) < 4.78 is 26.5. The fourth-order valence-corrected chi connectivity index (χ4v) is 4.48. The Kier molecular flexibility index (Phi) is 3.93. The number of aryl methyl sites for hydroxylation is 1. The van der Waals surface area contributed by atoms with Crippen LogP contribution in [0.2, 0.25) is 19.6 Å². The molecule has 1 aromatic rings. The van der Waals surface area contributed by atoms with Gasteiger partial charge in [-0.1, -0.05) is 36.5 Å². The molecule has 116 valence electrons. The van der Waals surface area contributed by atoms with Crippen LogP contribution in [0.1, 0.15) is 33.3 Å². The van der Waals surface area contributed by atoms with Crippen molar-refractivity contribution in [1.82, 2.24) is 0 Å². The molecule has 1 saturated heterocycles. The summed E-state index contributed by atoms with van der Waals surface area (Å²) in [6.45, 7) is 16.6. The van der Waals surface area contributed by atoms with Crippen LogP contribution in [0.25, 0.3) is 0 Å². The normalized spacial score (nSPS) is 20.9. The number of halogens is 1. The first-order valence-corrected chi connectivity index (χ1v) is 11.0. The minimum absolute atomic E-state index is 0.225. The molecule has 1 aliphatic rings. The summed E-state index contributed by atoms with van der Waals surface area (Å²) in [5, 5.41) is 1.15. The lowest BCUT2D eigenvalue weighted by molar-refractivity contribution is 0.00578. The fourth-order valence-electron chi connectivity index (χ4n) is 2.66. The quantitative estimate of drug-likeness (QED) is 0.782. The maximum absolute atomic E-state index is 14.6. The highest BCUT2D eigenvalue weighted by Gasteiger charge is 2.52. The second-order valence-corrected chi connectivity index (χ2v) is 13.1. The van der Waals surface area contributed by atoms with E-state index in [-0.39, 0.29) is 5.82 Å². The van der Waals surface area contributed by atoms with E-state index in [1.54, 1.807) is 6.07 Å². The topological polar surface area (TPSA) is 18.5 Å². The zero-order chi connectivity index (χ0) is 16.2. The lowest BCUT2D eigenvalue weighted by Crippen LogP contribution is -2.44. The van der Waals surface area contributed by atoms with Crippen molar-refractivity contribution in [3.63, 3.8) is 0 Å². The van der Waals surface area contributed by atoms with Crippen LogP contribution in [0.5, 0.6) is 0 Å². The minimum atomic E-state index is -1.55. The molecule has 1 aromatic carbocycles. The lowest BCUT2D eigenvalue weighted by Gasteiger charge is -2.32. The molecule has 0 saturated carbocycles. The van der Waals surface area contributed by atoms with Gasteiger partial charge in [-0.3, -0.25) is 0 Å². The molecular weight excluding hydrogens is 282 g/mol. The molecule has 0 bridgehead atoms. The Balaban J connectivity index is 2.42. The molecular formula is C16H26BFO2Si. The van der Waals surface area contributed by atoms with Crippen LogP contribution in [-0.2, 0) is 9.31 Å². The molecule has 0 atom stereocenters. The molecule has 0 aliphatic carbocycles. The van der Waals surface area contributed by atoms with Crippen LogP contribution in [0.3, 0.4) is 0 Å². The van der Waals surface area contributed by atoms with E-state index < -0.39 is 26.4 Å². The summed E-state index contributed by atoms with van der Waals surface area (Å²) in [4.78, 5) is 0. The van der Waals surface area contributed by atoms with E-state index in [4.69, 9.17) is 9.31 Å². The Morgan fingerprint density at radius 1 is 1.00 bits per heavy atom. The van der Waals surface area contributed by atoms with Crippen molar-refractivity contribution in [2.45, 2.75) is 65.5 Å². The molecule has 0 aromatic heterocycles. The maximum atomic E-state index is 14.6. The Morgan fingerprint density at radius 2 is 1.48 bits per heavy atom. The van der Waals surface area contributed by atoms with Crippen LogP contribution in [0.4, 0.5) is 4.39 Å². The number of benzene rings is 1. The monoisotopic (exact) mass is 308 g/mol. The smallest absolute Gasteiger partial charge is 0.399 e. The molecule has 0 amide bonds. The first kappa shape index (κ1) is 16.7. The van der Waals surface area contributed by atoms with E-state index >= 15 is 0 Å². The molecule has 5 heteroatoms. The molecule has 1 fully saturated rings. The Bertz CT molecular complexity index is 548. The van der Waals surface area contributed by atoms with E-state index in [2.05, 4.69) is 19.6 Å². The summed E-state index contributed by atoms with van der Waals surface area (Å²) >= 11 is 0. The fraction of sp³-hybridized carbons (Fsp3) is 0.625. The third kappa shape index (κ3) is 2.96. The standard InChI is InChI=1S/C16H26BFO2Si/c1-11-9-12(13(18)10-14(11)21(6,7)8)17-19-15(2,3)16(4,5)20-17/h9-10H,1-8H3. The Labute approximate surface area is 129 Å². The molecule has 0 radical (unpaired) electrons. The SMILES string of the molecule is Cc1cc(B2OC(C)(C)C(C)(C)O2)c(F)cc1[Si](C)(C)C. The van der Waals surface area contributed by atoms with Crippen molar-refractivity contribution >= 4 is 25.8 Å². The number of hydrogen-bond donors (Lipinski definition) is 0. The molecule has 1 heterocycles. The Morgan fingerprint density at radius 3 is 1.90 bits per heavy atom. The molecule has 2 nitrogen and oxygen atoms in total. The molecule has 0 spiro atoms. The zero-order valence-electron chi connectivity index (χ0n) is 14.4. The third-order valence-corrected chi connectivity index (χ3v) is 6.81. The maximum Gasteiger partial charge on any atom is 0.497 e. The average Bonchev–Trinajstić information content (AvgIpc) is 2.49. The summed E-state index contributed by atoms with van der Waals surface area (Å²) in [5.41, 5.74) is 0.735. The van der Waals surface area contributed by atoms with Crippen molar-refractivity contribution in [2.24, 2.45) is 0 Å². The van der Waals surface area contributed by atoms with Gasteiger partial charge in [0.1, 0.15) is 5.82 Å². The van der Waals surface area contributed by atoms with E-state index in [1.165, 1.54) is 0 Å². The van der Waals surface area contributed by atoms with Gasteiger partial charge in [-0.2, -0.15) is 0 Å². The molecule has 1 aliphatic heterocycles. The largest absolute Gasteiger partial charge is 0.497 e. The predicted octanol–water partition coefficient (Wildman–Crippen LogP) is 2.98. The van der Waals surface area contributed by atoms with E-state index in [0.29, 0.717) is 5.46 Å². The van der Waals surface area contributed by atoms with E-state index in [1.807, 2.05) is 40.7 Å². The van der Waals surface area contributed by atoms with Crippen LogP contribution in [0, 0.1) is 12.7 Å². The summed E-state index contributed by atoms with van der Waals surface area (Å²) in [6.07, 6.45) is 0. The third-order valence-electron chi connectivity index (χ3n) is 4.66. The number of rotatable bonds is 2. The minimum Gasteiger partial charge on any atom is -0.399 e. The highest BCUT2D eigenvalue weighted by Crippen LogP contribution is 2.36. The van der Waals surface area contributed by atoms with Gasteiger partial charge < -0.3 is 9.31 Å². The van der Waals surface area contributed by atoms with Crippen molar-refractivity contribution in [3.8, 4) is 0 Å². The van der Waals surface area contributed by atoms with Crippen molar-refractivity contribution in [2.75, 3.05) is 0 Å². The highest BCUT2D eigenvalue weighted by atomic mass is 28.3. The van der Waals surface area contributed by atoms with Gasteiger partial charge in [0.15, 0.2) is 0 Å². The van der Waals surface area contributed by atoms with Crippen LogP contribution >= 0.6 is 0 Å². The van der Waals surface area contributed by atoms with Gasteiger partial charge in [0, 0.05) is 5.46 Å². The molecule has 2 rings (SSSR count). The van der Waals surface area contributed by atoms with Crippen LogP contribution in [0.15, 0.2) is 12.1 Å². The second-order valence-electron chi connectivity index (χ2n) is 8.03. The first-order chi connectivity index (χ1) is 9.35. The van der Waals surface area contributed by atoms with Crippen LogP contribution < -0.4 is 10.6 Å². The number of hydrogen-bond acceptors (Lipinski definition) is 2. The Hall–Kier alpha value is -0.648. The predicted molar refractivity (Wildman–Crippen MR) is 89.8 cm³/mol. The van der Waals surface area contributed by atoms with Crippen LogP contribution in [-0.4, -0.2) is 26.4 Å². The van der Waals surface area contributed by atoms with E-state index in [0.717, 1.165) is 10.8 Å². The van der Waals surface area contributed by atoms with Gasteiger partial charge in [0.05, 0.1) is 19.3 Å². The van der Waals surface area contributed by atoms with Gasteiger partial charge in [-0.25, -0.2) is 4.39 Å². The highest BCUT2D eigenvalue weighted by molar-refractivity contribution is 6.89. The summed E-state index contributed by atoms with van der Waals surface area (Å²) in [5.74, 6) is -0.225. The molecule has 0 unspecified atom stereocenters. The first-order valence-electron chi connectivity index (χ1n) is 7.51. The average molecular weight is 308 g/mol. The summed E-state index contributed by atoms with van der Waals surface area (Å²) in [6, 6.07) is 3.58. The van der Waals surface area contributed by atoms with Gasteiger partial charge in [0.25, 0.3) is 0 Å². The van der Waals surface area contributed by atoms with Gasteiger partial charge >= 0.3 is 7.12 Å². The summed E-state index contributed by atoms with van der Waals surface area (Å²) in [7, 11) is -2.18. The van der Waals surface area contributed by atoms with Crippen molar-refractivity contribution in [1.29, 1.82) is 0 Å². The van der Waals surface area contributed by atoms with Gasteiger partial charge in [0.2, 0.25) is 0 Å². The second kappa shape index (κ2) is 4.93. The zero-order valence-corrected chi connectivity index (χ0v) is 15.4.